The number of nitrogens with zero attached hydrogens (tertiary/aromatic N) is 2. The van der Waals surface area contributed by atoms with Crippen molar-refractivity contribution in [1.82, 2.24) is 9.21 Å². The summed E-state index contributed by atoms with van der Waals surface area (Å²) < 4.78 is 26.6. The van der Waals surface area contributed by atoms with Crippen molar-refractivity contribution < 1.29 is 18.3 Å². The van der Waals surface area contributed by atoms with Crippen LogP contribution in [0.2, 0.25) is 10.0 Å². The Labute approximate surface area is 152 Å². The van der Waals surface area contributed by atoms with Crippen molar-refractivity contribution in [2.75, 3.05) is 26.7 Å². The highest BCUT2D eigenvalue weighted by Crippen LogP contribution is 2.25. The van der Waals surface area contributed by atoms with Gasteiger partial charge >= 0.3 is 5.97 Å². The maximum absolute atomic E-state index is 12.5. The van der Waals surface area contributed by atoms with Gasteiger partial charge in [0.2, 0.25) is 10.0 Å². The number of carbonyl (C=O) groups is 1. The molecule has 1 aliphatic heterocycles. The van der Waals surface area contributed by atoms with E-state index >= 15 is 0 Å². The van der Waals surface area contributed by atoms with Gasteiger partial charge in [0.1, 0.15) is 0 Å². The molecule has 0 radical (unpaired) electrons. The molecule has 0 saturated carbocycles. The summed E-state index contributed by atoms with van der Waals surface area (Å²) in [4.78, 5) is 12.5. The number of hydrogen-bond donors (Lipinski definition) is 1. The van der Waals surface area contributed by atoms with Crippen molar-refractivity contribution in [3.8, 4) is 0 Å². The molecule has 0 amide bonds. The quantitative estimate of drug-likeness (QED) is 0.800. The lowest BCUT2D eigenvalue weighted by molar-refractivity contribution is -0.138. The number of sulfonamides is 1. The van der Waals surface area contributed by atoms with E-state index in [-0.39, 0.29) is 18.3 Å². The predicted molar refractivity (Wildman–Crippen MR) is 93.9 cm³/mol. The van der Waals surface area contributed by atoms with Crippen LogP contribution in [0.4, 0.5) is 0 Å². The molecule has 134 valence electrons. The molecule has 2 rings (SSSR count). The molecule has 24 heavy (non-hydrogen) atoms. The van der Waals surface area contributed by atoms with Crippen LogP contribution in [0.3, 0.4) is 0 Å². The zero-order valence-electron chi connectivity index (χ0n) is 13.3. The third-order valence-electron chi connectivity index (χ3n) is 4.16. The van der Waals surface area contributed by atoms with Crippen molar-refractivity contribution in [3.05, 3.63) is 33.8 Å². The summed E-state index contributed by atoms with van der Waals surface area (Å²) in [6.07, 6.45) is 1.23. The van der Waals surface area contributed by atoms with Crippen molar-refractivity contribution in [2.45, 2.75) is 24.6 Å². The molecule has 0 aromatic heterocycles. The molecular formula is C15H20Cl2N2O4S. The zero-order valence-corrected chi connectivity index (χ0v) is 15.6. The van der Waals surface area contributed by atoms with E-state index in [1.165, 1.54) is 4.31 Å². The second kappa shape index (κ2) is 8.01. The fraction of sp³-hybridized carbons (Fsp3) is 0.533. The third kappa shape index (κ3) is 5.07. The van der Waals surface area contributed by atoms with Gasteiger partial charge in [-0.15, -0.1) is 0 Å². The monoisotopic (exact) mass is 394 g/mol. The molecule has 0 spiro atoms. The van der Waals surface area contributed by atoms with Gasteiger partial charge in [0, 0.05) is 19.1 Å². The Balaban J connectivity index is 1.96. The van der Waals surface area contributed by atoms with Crippen LogP contribution in [0.1, 0.15) is 18.4 Å². The standard InChI is InChI=1S/C15H20Cl2N2O4S/c1-18(9-15(20)21)12-4-6-19(7-5-12)24(22,23)10-11-2-3-13(16)14(17)8-11/h2-3,8,12H,4-7,9-10H2,1H3,(H,20,21). The molecule has 0 unspecified atom stereocenters. The fourth-order valence-electron chi connectivity index (χ4n) is 2.83. The van der Waals surface area contributed by atoms with Gasteiger partial charge in [-0.2, -0.15) is 0 Å². The Kier molecular flexibility index (Phi) is 6.50. The van der Waals surface area contributed by atoms with Crippen LogP contribution in [-0.2, 0) is 20.6 Å². The Morgan fingerprint density at radius 1 is 1.29 bits per heavy atom. The lowest BCUT2D eigenvalue weighted by Crippen LogP contribution is -2.46. The average Bonchev–Trinajstić information content (AvgIpc) is 2.50. The number of hydrogen-bond acceptors (Lipinski definition) is 4. The van der Waals surface area contributed by atoms with E-state index in [0.29, 0.717) is 41.5 Å². The largest absolute Gasteiger partial charge is 0.480 e. The van der Waals surface area contributed by atoms with Gasteiger partial charge in [0.15, 0.2) is 0 Å². The Hall–Kier alpha value is -0.860. The van der Waals surface area contributed by atoms with E-state index in [0.717, 1.165) is 0 Å². The number of carboxylic acids is 1. The van der Waals surface area contributed by atoms with Crippen molar-refractivity contribution >= 4 is 39.2 Å². The molecule has 6 nitrogen and oxygen atoms in total. The Morgan fingerprint density at radius 3 is 2.46 bits per heavy atom. The number of aliphatic carboxylic acids is 1. The number of rotatable bonds is 6. The lowest BCUT2D eigenvalue weighted by atomic mass is 10.1. The number of carboxylic acid groups (broad SMARTS) is 1. The molecule has 1 aliphatic rings. The number of likely N-dealkylation sites (N-methyl/N-ethyl adjacent to an activating group) is 1. The first-order chi connectivity index (χ1) is 11.2. The number of benzene rings is 1. The minimum atomic E-state index is -3.44. The molecule has 0 atom stereocenters. The zero-order chi connectivity index (χ0) is 17.9. The smallest absolute Gasteiger partial charge is 0.317 e. The van der Waals surface area contributed by atoms with Gasteiger partial charge < -0.3 is 5.11 Å². The second-order valence-corrected chi connectivity index (χ2v) is 8.73. The Morgan fingerprint density at radius 2 is 1.92 bits per heavy atom. The van der Waals surface area contributed by atoms with E-state index in [9.17, 15) is 13.2 Å². The van der Waals surface area contributed by atoms with Gasteiger partial charge in [-0.1, -0.05) is 29.3 Å². The van der Waals surface area contributed by atoms with Crippen molar-refractivity contribution in [2.24, 2.45) is 0 Å². The van der Waals surface area contributed by atoms with E-state index in [2.05, 4.69) is 0 Å². The summed E-state index contributed by atoms with van der Waals surface area (Å²) in [6, 6.07) is 4.88. The first-order valence-electron chi connectivity index (χ1n) is 7.53. The summed E-state index contributed by atoms with van der Waals surface area (Å²) in [6.45, 7) is 0.733. The minimum absolute atomic E-state index is 0.0410. The van der Waals surface area contributed by atoms with E-state index in [1.807, 2.05) is 0 Å². The predicted octanol–water partition coefficient (Wildman–Crippen LogP) is 2.30. The number of halogens is 2. The molecule has 0 aliphatic carbocycles. The van der Waals surface area contributed by atoms with Gasteiger partial charge in [0.05, 0.1) is 22.3 Å². The van der Waals surface area contributed by atoms with Crippen LogP contribution in [0, 0.1) is 0 Å². The highest BCUT2D eigenvalue weighted by molar-refractivity contribution is 7.88. The molecule has 9 heteroatoms. The van der Waals surface area contributed by atoms with Crippen LogP contribution in [0.15, 0.2) is 18.2 Å². The maximum atomic E-state index is 12.5. The van der Waals surface area contributed by atoms with Crippen LogP contribution in [0.5, 0.6) is 0 Å². The average molecular weight is 395 g/mol. The Bertz CT molecular complexity index is 703. The maximum Gasteiger partial charge on any atom is 0.317 e. The van der Waals surface area contributed by atoms with Crippen LogP contribution in [0.25, 0.3) is 0 Å². The van der Waals surface area contributed by atoms with Gasteiger partial charge in [0.25, 0.3) is 0 Å². The first-order valence-corrected chi connectivity index (χ1v) is 9.89. The first kappa shape index (κ1) is 19.5. The van der Waals surface area contributed by atoms with Gasteiger partial charge in [-0.3, -0.25) is 9.69 Å². The summed E-state index contributed by atoms with van der Waals surface area (Å²) >= 11 is 11.8. The van der Waals surface area contributed by atoms with Crippen molar-refractivity contribution in [3.63, 3.8) is 0 Å². The van der Waals surface area contributed by atoms with E-state index < -0.39 is 16.0 Å². The normalized spacial score (nSPS) is 17.3. The summed E-state index contributed by atoms with van der Waals surface area (Å²) in [5.74, 6) is -1.01. The minimum Gasteiger partial charge on any atom is -0.480 e. The molecule has 1 heterocycles. The lowest BCUT2D eigenvalue weighted by Gasteiger charge is -2.35. The second-order valence-electron chi connectivity index (χ2n) is 5.94. The topological polar surface area (TPSA) is 77.9 Å². The van der Waals surface area contributed by atoms with Gasteiger partial charge in [-0.25, -0.2) is 12.7 Å². The highest BCUT2D eigenvalue weighted by atomic mass is 35.5. The molecule has 1 aromatic carbocycles. The highest BCUT2D eigenvalue weighted by Gasteiger charge is 2.30. The molecule has 1 fully saturated rings. The summed E-state index contributed by atoms with van der Waals surface area (Å²) in [7, 11) is -1.69. The van der Waals surface area contributed by atoms with Crippen LogP contribution >= 0.6 is 23.2 Å². The number of piperidine rings is 1. The molecule has 0 bridgehead atoms. The molecule has 1 aromatic rings. The van der Waals surface area contributed by atoms with E-state index in [4.69, 9.17) is 28.3 Å². The molecule has 1 saturated heterocycles. The van der Waals surface area contributed by atoms with Crippen LogP contribution < -0.4 is 0 Å². The molecule has 1 N–H and O–H groups in total. The van der Waals surface area contributed by atoms with E-state index in [1.54, 1.807) is 30.1 Å². The van der Waals surface area contributed by atoms with Gasteiger partial charge in [-0.05, 0) is 37.6 Å². The van der Waals surface area contributed by atoms with Crippen molar-refractivity contribution in [1.29, 1.82) is 0 Å². The molecular weight excluding hydrogens is 375 g/mol. The summed E-state index contributed by atoms with van der Waals surface area (Å²) in [5.41, 5.74) is 0.592. The fourth-order valence-corrected chi connectivity index (χ4v) is 4.71. The summed E-state index contributed by atoms with van der Waals surface area (Å²) in [5, 5.41) is 9.55. The third-order valence-corrected chi connectivity index (χ3v) is 6.75. The SMILES string of the molecule is CN(CC(=O)O)C1CCN(S(=O)(=O)Cc2ccc(Cl)c(Cl)c2)CC1. The van der Waals surface area contributed by atoms with Crippen LogP contribution in [-0.4, -0.2) is 61.4 Å².